The molecule has 0 aliphatic carbocycles. The molecule has 0 rings (SSSR count). The molecule has 76 valence electrons. The molecular weight excluding hydrogens is 196 g/mol. The van der Waals surface area contributed by atoms with Gasteiger partial charge in [0, 0.05) is 5.57 Å². The highest BCUT2D eigenvalue weighted by atomic mass is 32.2. The van der Waals surface area contributed by atoms with Crippen LogP contribution in [0, 0.1) is 0 Å². The Kier molecular flexibility index (Phi) is 4.64. The first-order valence-electron chi connectivity index (χ1n) is 3.69. The fourth-order valence-electron chi connectivity index (χ4n) is 0.580. The van der Waals surface area contributed by atoms with Crippen LogP contribution in [0.15, 0.2) is 11.0 Å². The van der Waals surface area contributed by atoms with E-state index < -0.39 is 16.1 Å². The smallest absolute Gasteiger partial charge is 0.334 e. The van der Waals surface area contributed by atoms with Crippen molar-refractivity contribution in [3.8, 4) is 0 Å². The van der Waals surface area contributed by atoms with Gasteiger partial charge in [0.25, 0.3) is 10.1 Å². The number of hydrogen-bond acceptors (Lipinski definition) is 4. The van der Waals surface area contributed by atoms with Crippen LogP contribution in [-0.2, 0) is 19.6 Å². The van der Waals surface area contributed by atoms with E-state index in [0.717, 1.165) is 0 Å². The summed E-state index contributed by atoms with van der Waals surface area (Å²) in [6, 6.07) is 0. The van der Waals surface area contributed by atoms with Crippen molar-refractivity contribution in [2.75, 3.05) is 6.61 Å². The lowest BCUT2D eigenvalue weighted by atomic mass is 10.4. The lowest BCUT2D eigenvalue weighted by Crippen LogP contribution is -2.08. The second kappa shape index (κ2) is 4.98. The van der Waals surface area contributed by atoms with Crippen LogP contribution in [0.4, 0.5) is 0 Å². The van der Waals surface area contributed by atoms with Crippen LogP contribution in [0.25, 0.3) is 0 Å². The molecule has 6 heteroatoms. The number of rotatable bonds is 4. The molecule has 0 atom stereocenters. The van der Waals surface area contributed by atoms with Crippen LogP contribution in [0.1, 0.15) is 20.3 Å². The number of carbonyl (C=O) groups excluding carboxylic acids is 1. The maximum atomic E-state index is 10.9. The van der Waals surface area contributed by atoms with Gasteiger partial charge in [-0.05, 0) is 13.3 Å². The Hall–Kier alpha value is -0.880. The van der Waals surface area contributed by atoms with Crippen LogP contribution < -0.4 is 0 Å². The molecule has 13 heavy (non-hydrogen) atoms. The summed E-state index contributed by atoms with van der Waals surface area (Å²) in [7, 11) is -4.26. The Balaban J connectivity index is 4.35. The maximum Gasteiger partial charge on any atom is 0.334 e. The Morgan fingerprint density at radius 3 is 2.46 bits per heavy atom. The Labute approximate surface area is 77.1 Å². The Bertz CT molecular complexity index is 301. The lowest BCUT2D eigenvalue weighted by Gasteiger charge is -2.01. The van der Waals surface area contributed by atoms with Gasteiger partial charge in [-0.25, -0.2) is 4.79 Å². The molecule has 1 N–H and O–H groups in total. The van der Waals surface area contributed by atoms with Gasteiger partial charge in [-0.15, -0.1) is 0 Å². The van der Waals surface area contributed by atoms with Gasteiger partial charge in [-0.1, -0.05) is 6.92 Å². The van der Waals surface area contributed by atoms with Crippen molar-refractivity contribution in [3.05, 3.63) is 11.0 Å². The summed E-state index contributed by atoms with van der Waals surface area (Å²) < 4.78 is 33.5. The van der Waals surface area contributed by atoms with Crippen LogP contribution in [0.2, 0.25) is 0 Å². The Morgan fingerprint density at radius 1 is 1.54 bits per heavy atom. The minimum Gasteiger partial charge on any atom is -0.462 e. The van der Waals surface area contributed by atoms with Gasteiger partial charge in [-0.2, -0.15) is 8.42 Å². The fraction of sp³-hybridized carbons (Fsp3) is 0.571. The minimum atomic E-state index is -4.26. The molecule has 0 spiro atoms. The SMILES string of the molecule is CCCOC(=O)C(C)=CS(=O)(=O)O. The van der Waals surface area contributed by atoms with E-state index in [0.29, 0.717) is 11.8 Å². The van der Waals surface area contributed by atoms with Gasteiger partial charge in [0.15, 0.2) is 0 Å². The summed E-state index contributed by atoms with van der Waals surface area (Å²) in [5.74, 6) is -0.737. The average Bonchev–Trinajstić information content (AvgIpc) is 1.96. The number of carbonyl (C=O) groups is 1. The van der Waals surface area contributed by atoms with Crippen LogP contribution in [0.5, 0.6) is 0 Å². The zero-order chi connectivity index (χ0) is 10.5. The van der Waals surface area contributed by atoms with E-state index in [9.17, 15) is 13.2 Å². The van der Waals surface area contributed by atoms with Crippen molar-refractivity contribution in [2.45, 2.75) is 20.3 Å². The first kappa shape index (κ1) is 12.1. The summed E-state index contributed by atoms with van der Waals surface area (Å²) in [6.45, 7) is 3.30. The average molecular weight is 208 g/mol. The number of hydrogen-bond donors (Lipinski definition) is 1. The second-order valence-electron chi connectivity index (χ2n) is 2.45. The first-order chi connectivity index (χ1) is 5.87. The largest absolute Gasteiger partial charge is 0.462 e. The monoisotopic (exact) mass is 208 g/mol. The second-order valence-corrected chi connectivity index (χ2v) is 3.72. The summed E-state index contributed by atoms with van der Waals surface area (Å²) in [4.78, 5) is 10.9. The summed E-state index contributed by atoms with van der Waals surface area (Å²) in [5, 5.41) is 0.463. The zero-order valence-electron chi connectivity index (χ0n) is 7.48. The number of esters is 1. The highest BCUT2D eigenvalue weighted by molar-refractivity contribution is 7.88. The van der Waals surface area contributed by atoms with Crippen molar-refractivity contribution in [2.24, 2.45) is 0 Å². The molecule has 0 saturated carbocycles. The number of ether oxygens (including phenoxy) is 1. The van der Waals surface area contributed by atoms with Crippen molar-refractivity contribution in [1.29, 1.82) is 0 Å². The van der Waals surface area contributed by atoms with Gasteiger partial charge < -0.3 is 4.74 Å². The summed E-state index contributed by atoms with van der Waals surface area (Å²) in [6.07, 6.45) is 0.658. The molecule has 0 unspecified atom stereocenters. The molecular formula is C7H12O5S. The molecule has 5 nitrogen and oxygen atoms in total. The summed E-state index contributed by atoms with van der Waals surface area (Å²) >= 11 is 0. The molecule has 0 fully saturated rings. The van der Waals surface area contributed by atoms with E-state index in [1.54, 1.807) is 0 Å². The highest BCUT2D eigenvalue weighted by Gasteiger charge is 2.09. The standard InChI is InChI=1S/C7H12O5S/c1-3-4-12-7(8)6(2)5-13(9,10)11/h5H,3-4H2,1-2H3,(H,9,10,11). The minimum absolute atomic E-state index is 0.143. The third-order valence-corrected chi connectivity index (χ3v) is 1.74. The van der Waals surface area contributed by atoms with Crippen molar-refractivity contribution < 1.29 is 22.5 Å². The van der Waals surface area contributed by atoms with Gasteiger partial charge in [0.1, 0.15) is 0 Å². The predicted octanol–water partition coefficient (Wildman–Crippen LogP) is 0.731. The molecule has 0 heterocycles. The van der Waals surface area contributed by atoms with Gasteiger partial charge in [-0.3, -0.25) is 4.55 Å². The molecule has 0 aromatic rings. The maximum absolute atomic E-state index is 10.9. The fourth-order valence-corrected chi connectivity index (χ4v) is 1.12. The van der Waals surface area contributed by atoms with E-state index in [2.05, 4.69) is 4.74 Å². The molecule has 0 amide bonds. The Morgan fingerprint density at radius 2 is 2.08 bits per heavy atom. The first-order valence-corrected chi connectivity index (χ1v) is 5.20. The summed E-state index contributed by atoms with van der Waals surface area (Å²) in [5.41, 5.74) is -0.143. The molecule has 0 aromatic heterocycles. The zero-order valence-corrected chi connectivity index (χ0v) is 8.30. The molecule has 0 aromatic carbocycles. The van der Waals surface area contributed by atoms with E-state index in [1.807, 2.05) is 6.92 Å². The molecule has 0 radical (unpaired) electrons. The van der Waals surface area contributed by atoms with E-state index >= 15 is 0 Å². The topological polar surface area (TPSA) is 80.7 Å². The van der Waals surface area contributed by atoms with Crippen LogP contribution in [-0.4, -0.2) is 25.5 Å². The molecule has 0 saturated heterocycles. The van der Waals surface area contributed by atoms with Gasteiger partial charge in [0.2, 0.25) is 0 Å². The normalized spacial score (nSPS) is 12.7. The van der Waals surface area contributed by atoms with Crippen molar-refractivity contribution in [1.82, 2.24) is 0 Å². The molecule has 0 aliphatic heterocycles. The molecule has 0 bridgehead atoms. The van der Waals surface area contributed by atoms with E-state index in [4.69, 9.17) is 4.55 Å². The predicted molar refractivity (Wildman–Crippen MR) is 46.6 cm³/mol. The van der Waals surface area contributed by atoms with Crippen LogP contribution in [0.3, 0.4) is 0 Å². The highest BCUT2D eigenvalue weighted by Crippen LogP contribution is 2.00. The molecule has 0 aliphatic rings. The van der Waals surface area contributed by atoms with Crippen LogP contribution >= 0.6 is 0 Å². The van der Waals surface area contributed by atoms with Gasteiger partial charge in [0.05, 0.1) is 12.0 Å². The van der Waals surface area contributed by atoms with Gasteiger partial charge >= 0.3 is 5.97 Å². The third-order valence-electron chi connectivity index (χ3n) is 1.08. The lowest BCUT2D eigenvalue weighted by molar-refractivity contribution is -0.138. The van der Waals surface area contributed by atoms with E-state index in [-0.39, 0.29) is 12.2 Å². The van der Waals surface area contributed by atoms with Crippen molar-refractivity contribution in [3.63, 3.8) is 0 Å². The third kappa shape index (κ3) is 6.30. The van der Waals surface area contributed by atoms with E-state index in [1.165, 1.54) is 6.92 Å². The van der Waals surface area contributed by atoms with Crippen molar-refractivity contribution >= 4 is 16.1 Å². The quantitative estimate of drug-likeness (QED) is 0.418.